The fourth-order valence-corrected chi connectivity index (χ4v) is 3.19. The van der Waals surface area contributed by atoms with Gasteiger partial charge in [0.15, 0.2) is 0 Å². The van der Waals surface area contributed by atoms with Gasteiger partial charge in [0.1, 0.15) is 25.2 Å². The van der Waals surface area contributed by atoms with Crippen LogP contribution < -0.4 is 9.47 Å². The van der Waals surface area contributed by atoms with Crippen molar-refractivity contribution in [3.63, 3.8) is 0 Å². The molecule has 0 radical (unpaired) electrons. The number of hydrogen-bond acceptors (Lipinski definition) is 5. The Morgan fingerprint density at radius 3 is 2.38 bits per heavy atom. The Morgan fingerprint density at radius 1 is 1.07 bits per heavy atom. The van der Waals surface area contributed by atoms with Crippen molar-refractivity contribution >= 4 is 5.71 Å². The summed E-state index contributed by atoms with van der Waals surface area (Å²) in [6.07, 6.45) is 8.30. The van der Waals surface area contributed by atoms with E-state index in [1.54, 1.807) is 7.11 Å². The van der Waals surface area contributed by atoms with Crippen molar-refractivity contribution in [1.29, 1.82) is 0 Å². The first-order chi connectivity index (χ1) is 14.0. The van der Waals surface area contributed by atoms with Crippen LogP contribution in [0.5, 0.6) is 11.5 Å². The predicted molar refractivity (Wildman–Crippen MR) is 122 cm³/mol. The second kappa shape index (κ2) is 14.9. The first-order valence-electron chi connectivity index (χ1n) is 10.8. The lowest BCUT2D eigenvalue weighted by atomic mass is 10.1. The summed E-state index contributed by atoms with van der Waals surface area (Å²) >= 11 is 0. The van der Waals surface area contributed by atoms with Gasteiger partial charge in [0, 0.05) is 6.54 Å². The summed E-state index contributed by atoms with van der Waals surface area (Å²) < 4.78 is 11.8. The van der Waals surface area contributed by atoms with E-state index in [1.807, 2.05) is 19.1 Å². The van der Waals surface area contributed by atoms with E-state index >= 15 is 0 Å². The monoisotopic (exact) mass is 404 g/mol. The minimum atomic E-state index is 0.599. The number of unbranched alkanes of at least 4 members (excludes halogenated alkanes) is 2. The maximum absolute atomic E-state index is 6.08. The quantitative estimate of drug-likeness (QED) is 0.167. The maximum Gasteiger partial charge on any atom is 0.125 e. The molecule has 0 unspecified atom stereocenters. The average Bonchev–Trinajstić information content (AvgIpc) is 2.70. The van der Waals surface area contributed by atoms with Crippen molar-refractivity contribution in [3.05, 3.63) is 35.4 Å². The Bertz CT molecular complexity index is 618. The molecule has 5 heteroatoms. The van der Waals surface area contributed by atoms with E-state index in [-0.39, 0.29) is 0 Å². The highest BCUT2D eigenvalue weighted by molar-refractivity contribution is 5.85. The zero-order valence-electron chi connectivity index (χ0n) is 19.3. The van der Waals surface area contributed by atoms with Crippen molar-refractivity contribution in [2.75, 3.05) is 40.0 Å². The van der Waals surface area contributed by atoms with Crippen LogP contribution in [-0.2, 0) is 4.84 Å². The normalized spacial score (nSPS) is 12.0. The Hall–Kier alpha value is -2.01. The van der Waals surface area contributed by atoms with Crippen molar-refractivity contribution in [1.82, 2.24) is 4.90 Å². The van der Waals surface area contributed by atoms with Crippen LogP contribution >= 0.6 is 0 Å². The summed E-state index contributed by atoms with van der Waals surface area (Å²) in [5.74, 6) is 1.88. The second-order valence-electron chi connectivity index (χ2n) is 7.24. The number of aryl methyl sites for hydroxylation is 2. The summed E-state index contributed by atoms with van der Waals surface area (Å²) in [5, 5.41) is 4.11. The topological polar surface area (TPSA) is 43.3 Å². The van der Waals surface area contributed by atoms with E-state index in [4.69, 9.17) is 14.3 Å². The fourth-order valence-electron chi connectivity index (χ4n) is 3.19. The van der Waals surface area contributed by atoms with Crippen LogP contribution in [0.4, 0.5) is 0 Å². The number of benzene rings is 1. The van der Waals surface area contributed by atoms with Gasteiger partial charge in [-0.15, -0.1) is 0 Å². The molecule has 0 bridgehead atoms. The highest BCUT2D eigenvalue weighted by Gasteiger charge is 2.08. The minimum absolute atomic E-state index is 0.599. The fraction of sp³-hybridized carbons (Fsp3) is 0.625. The predicted octanol–water partition coefficient (Wildman–Crippen LogP) is 5.54. The first kappa shape index (κ1) is 25.0. The van der Waals surface area contributed by atoms with Crippen LogP contribution in [0.1, 0.15) is 57.6 Å². The van der Waals surface area contributed by atoms with Crippen molar-refractivity contribution < 1.29 is 14.3 Å². The molecule has 0 fully saturated rings. The van der Waals surface area contributed by atoms with E-state index in [0.29, 0.717) is 6.61 Å². The van der Waals surface area contributed by atoms with Gasteiger partial charge in [-0.05, 0) is 82.8 Å². The van der Waals surface area contributed by atoms with E-state index in [0.717, 1.165) is 80.3 Å². The molecule has 0 aromatic heterocycles. The van der Waals surface area contributed by atoms with Crippen molar-refractivity contribution in [3.8, 4) is 11.5 Å². The number of nitrogens with zero attached hydrogens (tertiary/aromatic N) is 2. The van der Waals surface area contributed by atoms with E-state index < -0.39 is 0 Å². The van der Waals surface area contributed by atoms with Crippen molar-refractivity contribution in [2.24, 2.45) is 5.16 Å². The standard InChI is InChI=1S/C24H40N2O3/c1-7-10-15-28-23-17-20(4)24(21(5)18-23)29-16-13-11-12-14-26(9-3)19-22(8-2)25-27-6/h7,10,17-18H,8-9,11-16,19H2,1-6H3/b10-7+,25-22+. The highest BCUT2D eigenvalue weighted by Crippen LogP contribution is 2.28. The molecule has 0 aliphatic carbocycles. The maximum atomic E-state index is 6.08. The van der Waals surface area contributed by atoms with Gasteiger partial charge in [-0.25, -0.2) is 0 Å². The number of allylic oxidation sites excluding steroid dienone is 1. The number of hydrogen-bond donors (Lipinski definition) is 0. The molecule has 0 atom stereocenters. The largest absolute Gasteiger partial charge is 0.493 e. The molecule has 0 aliphatic heterocycles. The van der Waals surface area contributed by atoms with Gasteiger partial charge in [0.05, 0.1) is 12.3 Å². The second-order valence-corrected chi connectivity index (χ2v) is 7.24. The van der Waals surface area contributed by atoms with E-state index in [1.165, 1.54) is 0 Å². The van der Waals surface area contributed by atoms with E-state index in [2.05, 4.69) is 49.9 Å². The van der Waals surface area contributed by atoms with Crippen LogP contribution in [-0.4, -0.2) is 50.6 Å². The van der Waals surface area contributed by atoms with Crippen LogP contribution in [0.3, 0.4) is 0 Å². The van der Waals surface area contributed by atoms with Crippen LogP contribution in [0.15, 0.2) is 29.4 Å². The zero-order chi connectivity index (χ0) is 21.5. The molecule has 0 saturated heterocycles. The third-order valence-electron chi connectivity index (χ3n) is 4.86. The lowest BCUT2D eigenvalue weighted by Crippen LogP contribution is -2.30. The van der Waals surface area contributed by atoms with Crippen molar-refractivity contribution in [2.45, 2.75) is 60.3 Å². The Labute approximate surface area is 177 Å². The lowest BCUT2D eigenvalue weighted by molar-refractivity contribution is 0.208. The molecule has 0 saturated carbocycles. The summed E-state index contributed by atoms with van der Waals surface area (Å²) in [7, 11) is 1.61. The minimum Gasteiger partial charge on any atom is -0.493 e. The highest BCUT2D eigenvalue weighted by atomic mass is 16.6. The molecule has 0 heterocycles. The molecular formula is C24H40N2O3. The molecular weight excluding hydrogens is 364 g/mol. The molecule has 0 amide bonds. The molecule has 0 spiro atoms. The van der Waals surface area contributed by atoms with Gasteiger partial charge in [-0.1, -0.05) is 31.2 Å². The SMILES string of the molecule is C/C=C/COc1cc(C)c(OCCCCCN(CC)C/C(CC)=N/OC)c(C)c1. The van der Waals surface area contributed by atoms with Crippen LogP contribution in [0, 0.1) is 13.8 Å². The van der Waals surface area contributed by atoms with Gasteiger partial charge in [0.2, 0.25) is 0 Å². The van der Waals surface area contributed by atoms with Gasteiger partial charge >= 0.3 is 0 Å². The summed E-state index contributed by atoms with van der Waals surface area (Å²) in [6, 6.07) is 4.11. The molecule has 0 aliphatic rings. The zero-order valence-corrected chi connectivity index (χ0v) is 19.3. The Morgan fingerprint density at radius 2 is 1.79 bits per heavy atom. The summed E-state index contributed by atoms with van der Waals surface area (Å²) in [5.41, 5.74) is 3.35. The third kappa shape index (κ3) is 9.84. The number of ether oxygens (including phenoxy) is 2. The molecule has 5 nitrogen and oxygen atoms in total. The molecule has 0 N–H and O–H groups in total. The number of rotatable bonds is 15. The van der Waals surface area contributed by atoms with Gasteiger partial charge in [-0.3, -0.25) is 4.90 Å². The molecule has 164 valence electrons. The number of oxime groups is 1. The first-order valence-corrected chi connectivity index (χ1v) is 10.8. The Kier molecular flexibility index (Phi) is 12.9. The lowest BCUT2D eigenvalue weighted by Gasteiger charge is -2.20. The summed E-state index contributed by atoms with van der Waals surface area (Å²) in [4.78, 5) is 7.34. The average molecular weight is 405 g/mol. The summed E-state index contributed by atoms with van der Waals surface area (Å²) in [6.45, 7) is 14.8. The molecule has 29 heavy (non-hydrogen) atoms. The van der Waals surface area contributed by atoms with Crippen LogP contribution in [0.2, 0.25) is 0 Å². The molecule has 1 aromatic carbocycles. The Balaban J connectivity index is 2.36. The van der Waals surface area contributed by atoms with Gasteiger partial charge in [0.25, 0.3) is 0 Å². The third-order valence-corrected chi connectivity index (χ3v) is 4.86. The molecule has 1 rings (SSSR count). The van der Waals surface area contributed by atoms with E-state index in [9.17, 15) is 0 Å². The van der Waals surface area contributed by atoms with Gasteiger partial charge in [-0.2, -0.15) is 0 Å². The molecule has 1 aromatic rings. The van der Waals surface area contributed by atoms with Crippen LogP contribution in [0.25, 0.3) is 0 Å². The smallest absolute Gasteiger partial charge is 0.125 e. The van der Waals surface area contributed by atoms with Gasteiger partial charge < -0.3 is 14.3 Å².